The summed E-state index contributed by atoms with van der Waals surface area (Å²) < 4.78 is 20.0. The summed E-state index contributed by atoms with van der Waals surface area (Å²) in [6.07, 6.45) is 6.36. The SMILES string of the molecule is CN(C=C=O)Cc1ccccn1.CNC(=O)c1nnc(NC(=O)C2CC2)cc1Nc1ccc(C)c(-c2cnc(C)c(F)c2)c1OC. The average Bonchev–Trinajstić information content (AvgIpc) is 3.90. The van der Waals surface area contributed by atoms with Gasteiger partial charge in [0.15, 0.2) is 11.5 Å². The Morgan fingerprint density at radius 2 is 1.89 bits per heavy atom. The van der Waals surface area contributed by atoms with Crippen LogP contribution in [0.25, 0.3) is 11.1 Å². The predicted octanol–water partition coefficient (Wildman–Crippen LogP) is 4.61. The molecule has 0 unspecified atom stereocenters. The van der Waals surface area contributed by atoms with E-state index < -0.39 is 11.7 Å². The monoisotopic (exact) mass is 626 g/mol. The molecule has 5 rings (SSSR count). The molecule has 1 fully saturated rings. The van der Waals surface area contributed by atoms with Gasteiger partial charge in [-0.1, -0.05) is 12.1 Å². The first-order valence-electron chi connectivity index (χ1n) is 14.4. The van der Waals surface area contributed by atoms with Crippen molar-refractivity contribution in [1.82, 2.24) is 30.4 Å². The molecule has 3 N–H and O–H groups in total. The largest absolute Gasteiger partial charge is 0.494 e. The minimum atomic E-state index is -0.453. The van der Waals surface area contributed by atoms with Crippen LogP contribution in [0.15, 0.2) is 61.1 Å². The average molecular weight is 627 g/mol. The molecule has 1 aromatic carbocycles. The third kappa shape index (κ3) is 8.48. The summed E-state index contributed by atoms with van der Waals surface area (Å²) in [6, 6.07) is 12.3. The van der Waals surface area contributed by atoms with Crippen molar-refractivity contribution in [3.05, 3.63) is 89.5 Å². The lowest BCUT2D eigenvalue weighted by atomic mass is 9.99. The lowest BCUT2D eigenvalue weighted by Gasteiger charge is -2.19. The molecule has 0 atom stereocenters. The second-order valence-electron chi connectivity index (χ2n) is 10.6. The number of anilines is 3. The number of benzene rings is 1. The van der Waals surface area contributed by atoms with Crippen molar-refractivity contribution in [3.8, 4) is 16.9 Å². The number of carbonyl (C=O) groups is 2. The van der Waals surface area contributed by atoms with E-state index >= 15 is 0 Å². The van der Waals surface area contributed by atoms with Crippen LogP contribution >= 0.6 is 0 Å². The van der Waals surface area contributed by atoms with E-state index in [1.807, 2.05) is 31.2 Å². The van der Waals surface area contributed by atoms with Gasteiger partial charge in [0, 0.05) is 49.6 Å². The van der Waals surface area contributed by atoms with E-state index in [1.54, 1.807) is 49.3 Å². The van der Waals surface area contributed by atoms with Crippen molar-refractivity contribution in [3.63, 3.8) is 0 Å². The number of nitrogens with one attached hydrogen (secondary N) is 3. The zero-order valence-electron chi connectivity index (χ0n) is 26.2. The van der Waals surface area contributed by atoms with Gasteiger partial charge in [-0.15, -0.1) is 10.2 Å². The Bertz CT molecular complexity index is 1760. The summed E-state index contributed by atoms with van der Waals surface area (Å²) in [4.78, 5) is 44.5. The quantitative estimate of drug-likeness (QED) is 0.213. The van der Waals surface area contributed by atoms with Crippen LogP contribution in [0.3, 0.4) is 0 Å². The normalized spacial score (nSPS) is 11.7. The Morgan fingerprint density at radius 1 is 1.11 bits per heavy atom. The number of hydrogen-bond donors (Lipinski definition) is 3. The van der Waals surface area contributed by atoms with E-state index in [0.29, 0.717) is 40.5 Å². The number of nitrogens with zero attached hydrogens (tertiary/aromatic N) is 5. The Kier molecular flexibility index (Phi) is 11.1. The fourth-order valence-corrected chi connectivity index (χ4v) is 4.43. The molecule has 4 aromatic rings. The van der Waals surface area contributed by atoms with Crippen molar-refractivity contribution in [1.29, 1.82) is 0 Å². The van der Waals surface area contributed by atoms with Gasteiger partial charge in [0.2, 0.25) is 5.91 Å². The Balaban J connectivity index is 0.000000337. The van der Waals surface area contributed by atoms with Crippen LogP contribution in [0, 0.1) is 25.6 Å². The number of halogens is 1. The van der Waals surface area contributed by atoms with Crippen LogP contribution in [0.4, 0.5) is 21.6 Å². The number of carbonyl (C=O) groups excluding carboxylic acids is 3. The minimum absolute atomic E-state index is 0.0138. The van der Waals surface area contributed by atoms with Gasteiger partial charge in [-0.05, 0) is 56.5 Å². The summed E-state index contributed by atoms with van der Waals surface area (Å²) in [6.45, 7) is 4.11. The van der Waals surface area contributed by atoms with Crippen molar-refractivity contribution in [2.24, 2.45) is 5.92 Å². The van der Waals surface area contributed by atoms with Gasteiger partial charge in [0.25, 0.3) is 5.91 Å². The first kappa shape index (κ1) is 33.2. The Hall–Kier alpha value is -5.68. The number of hydrogen-bond acceptors (Lipinski definition) is 10. The van der Waals surface area contributed by atoms with Crippen molar-refractivity contribution in [2.45, 2.75) is 33.2 Å². The highest BCUT2D eigenvalue weighted by Gasteiger charge is 2.30. The van der Waals surface area contributed by atoms with Crippen LogP contribution < -0.4 is 20.7 Å². The molecule has 2 amide bonds. The second-order valence-corrected chi connectivity index (χ2v) is 10.6. The van der Waals surface area contributed by atoms with Gasteiger partial charge in [0.1, 0.15) is 17.5 Å². The third-order valence-corrected chi connectivity index (χ3v) is 7.00. The Labute approximate surface area is 266 Å². The molecule has 1 aliphatic carbocycles. The van der Waals surface area contributed by atoms with Gasteiger partial charge in [-0.3, -0.25) is 19.6 Å². The standard InChI is InChI=1S/C24H25FN6O3.C9H10N2O/c1-12-5-8-17(22(34-4)20(12)15-9-16(25)13(2)27-11-15)28-18-10-19(29-23(32)14-6-7-14)30-31-21(18)24(33)26-3;1-11(6-7-12)8-9-4-2-3-5-10-9/h5,8-11,14H,6-7H2,1-4H3,(H,26,33)(H2,28,29,30,32);2-6H,8H2,1H3. The second kappa shape index (κ2) is 15.4. The van der Waals surface area contributed by atoms with Crippen LogP contribution in [0.2, 0.25) is 0 Å². The number of amides is 2. The molecule has 0 saturated heterocycles. The van der Waals surface area contributed by atoms with E-state index in [-0.39, 0.29) is 23.3 Å². The van der Waals surface area contributed by atoms with Crippen molar-refractivity contribution >= 4 is 34.9 Å². The molecule has 13 heteroatoms. The zero-order valence-corrected chi connectivity index (χ0v) is 26.2. The maximum atomic E-state index is 14.3. The Morgan fingerprint density at radius 3 is 2.52 bits per heavy atom. The van der Waals surface area contributed by atoms with E-state index in [4.69, 9.17) is 4.74 Å². The number of methoxy groups -OCH3 is 1. The first-order chi connectivity index (χ1) is 22.1. The summed E-state index contributed by atoms with van der Waals surface area (Å²) >= 11 is 0. The van der Waals surface area contributed by atoms with Gasteiger partial charge >= 0.3 is 0 Å². The first-order valence-corrected chi connectivity index (χ1v) is 14.4. The molecule has 1 aliphatic rings. The highest BCUT2D eigenvalue weighted by molar-refractivity contribution is 6.00. The highest BCUT2D eigenvalue weighted by atomic mass is 19.1. The van der Waals surface area contributed by atoms with Crippen LogP contribution in [0.1, 0.15) is 40.3 Å². The van der Waals surface area contributed by atoms with Crippen LogP contribution in [-0.2, 0) is 16.1 Å². The zero-order chi connectivity index (χ0) is 33.2. The molecular weight excluding hydrogens is 591 g/mol. The third-order valence-electron chi connectivity index (χ3n) is 7.00. The van der Waals surface area contributed by atoms with E-state index in [2.05, 4.69) is 36.1 Å². The van der Waals surface area contributed by atoms with Crippen molar-refractivity contribution in [2.75, 3.05) is 31.8 Å². The van der Waals surface area contributed by atoms with Gasteiger partial charge in [0.05, 0.1) is 42.6 Å². The fraction of sp³-hybridized carbons (Fsp3) is 0.273. The summed E-state index contributed by atoms with van der Waals surface area (Å²) in [5.74, 6) is 1.36. The minimum Gasteiger partial charge on any atom is -0.494 e. The molecule has 46 heavy (non-hydrogen) atoms. The smallest absolute Gasteiger partial charge is 0.273 e. The summed E-state index contributed by atoms with van der Waals surface area (Å²) in [5, 5.41) is 16.4. The van der Waals surface area contributed by atoms with Crippen LogP contribution in [-0.4, -0.2) is 64.0 Å². The molecule has 0 radical (unpaired) electrons. The summed E-state index contributed by atoms with van der Waals surface area (Å²) in [5.41, 5.74) is 4.18. The molecule has 3 heterocycles. The molecule has 238 valence electrons. The predicted molar refractivity (Wildman–Crippen MR) is 172 cm³/mol. The van der Waals surface area contributed by atoms with Gasteiger partial charge in [-0.2, -0.15) is 0 Å². The van der Waals surface area contributed by atoms with Gasteiger partial charge in [-0.25, -0.2) is 9.18 Å². The topological polar surface area (TPSA) is 151 Å². The maximum Gasteiger partial charge on any atom is 0.273 e. The number of aromatic nitrogens is 4. The highest BCUT2D eigenvalue weighted by Crippen LogP contribution is 2.41. The molecule has 1 saturated carbocycles. The van der Waals surface area contributed by atoms with Gasteiger partial charge < -0.3 is 25.6 Å². The van der Waals surface area contributed by atoms with E-state index in [0.717, 1.165) is 24.1 Å². The van der Waals surface area contributed by atoms with E-state index in [9.17, 15) is 18.8 Å². The molecule has 3 aromatic heterocycles. The molecular formula is C33H35FN8O4. The molecule has 0 bridgehead atoms. The van der Waals surface area contributed by atoms with Crippen LogP contribution in [0.5, 0.6) is 5.75 Å². The maximum absolute atomic E-state index is 14.3. The van der Waals surface area contributed by atoms with Crippen molar-refractivity contribution < 1.29 is 23.5 Å². The number of pyridine rings is 2. The number of aryl methyl sites for hydroxylation is 2. The number of rotatable bonds is 10. The lowest BCUT2D eigenvalue weighted by Crippen LogP contribution is -2.22. The lowest BCUT2D eigenvalue weighted by molar-refractivity contribution is -0.117. The number of ether oxygens (including phenoxy) is 1. The fourth-order valence-electron chi connectivity index (χ4n) is 4.43. The van der Waals surface area contributed by atoms with E-state index in [1.165, 1.54) is 26.4 Å². The summed E-state index contributed by atoms with van der Waals surface area (Å²) in [7, 11) is 4.80. The molecule has 0 spiro atoms. The molecule has 0 aliphatic heterocycles. The molecule has 12 nitrogen and oxygen atoms in total.